The Morgan fingerprint density at radius 2 is 0.862 bits per heavy atom. The lowest BCUT2D eigenvalue weighted by atomic mass is 9.63. The summed E-state index contributed by atoms with van der Waals surface area (Å²) in [6.07, 6.45) is 0. The SMILES string of the molecule is [C-]#[N+]c1ccc(-c2cccc(-c3nc(-c4cccc(-c5ccccc5)c4)nc(-c4cccc5c4Oc4ccccc4C5(c4ccccc4)c4ccccc4)n3)c2)cc1. The van der Waals surface area contributed by atoms with Crippen LogP contribution in [0.4, 0.5) is 5.69 Å². The quantitative estimate of drug-likeness (QED) is 0.153. The number of nitrogens with zero attached hydrogens (tertiary/aromatic N) is 4. The van der Waals surface area contributed by atoms with Gasteiger partial charge in [0.05, 0.1) is 17.6 Å². The molecular formula is C53H34N4O. The normalized spacial score (nSPS) is 12.4. The highest BCUT2D eigenvalue weighted by Gasteiger charge is 2.46. The van der Waals surface area contributed by atoms with Gasteiger partial charge < -0.3 is 4.74 Å². The van der Waals surface area contributed by atoms with Crippen molar-refractivity contribution in [2.75, 3.05) is 0 Å². The smallest absolute Gasteiger partial charge is 0.187 e. The van der Waals surface area contributed by atoms with E-state index in [9.17, 15) is 0 Å². The first-order valence-electron chi connectivity index (χ1n) is 19.2. The Morgan fingerprint density at radius 3 is 1.47 bits per heavy atom. The lowest BCUT2D eigenvalue weighted by Gasteiger charge is -2.42. The van der Waals surface area contributed by atoms with Crippen molar-refractivity contribution in [1.29, 1.82) is 0 Å². The summed E-state index contributed by atoms with van der Waals surface area (Å²) in [5.41, 5.74) is 10.9. The van der Waals surface area contributed by atoms with Crippen LogP contribution in [0.1, 0.15) is 22.3 Å². The monoisotopic (exact) mass is 742 g/mol. The molecule has 0 fully saturated rings. The van der Waals surface area contributed by atoms with Crippen LogP contribution in [0.2, 0.25) is 0 Å². The van der Waals surface area contributed by atoms with Gasteiger partial charge in [0.25, 0.3) is 0 Å². The number of benzene rings is 8. The first-order chi connectivity index (χ1) is 28.7. The van der Waals surface area contributed by atoms with Crippen LogP contribution < -0.4 is 4.74 Å². The lowest BCUT2D eigenvalue weighted by molar-refractivity contribution is 0.436. The average molecular weight is 743 g/mol. The molecule has 5 heteroatoms. The minimum absolute atomic E-state index is 0.503. The van der Waals surface area contributed by atoms with Gasteiger partial charge in [-0.1, -0.05) is 182 Å². The third-order valence-electron chi connectivity index (χ3n) is 10.9. The molecule has 0 N–H and O–H groups in total. The largest absolute Gasteiger partial charge is 0.456 e. The Balaban J connectivity index is 1.21. The van der Waals surface area contributed by atoms with Crippen molar-refractivity contribution in [2.45, 2.75) is 5.41 Å². The molecule has 10 rings (SSSR count). The molecule has 2 heterocycles. The van der Waals surface area contributed by atoms with Gasteiger partial charge >= 0.3 is 0 Å². The van der Waals surface area contributed by atoms with Crippen molar-refractivity contribution in [2.24, 2.45) is 0 Å². The summed E-state index contributed by atoms with van der Waals surface area (Å²) in [4.78, 5) is 19.3. The topological polar surface area (TPSA) is 52.3 Å². The Bertz CT molecular complexity index is 2940. The molecule has 0 amide bonds. The molecule has 0 saturated carbocycles. The summed E-state index contributed by atoms with van der Waals surface area (Å²) in [6.45, 7) is 7.41. The fraction of sp³-hybridized carbons (Fsp3) is 0.0189. The van der Waals surface area contributed by atoms with E-state index in [-0.39, 0.29) is 0 Å². The maximum Gasteiger partial charge on any atom is 0.187 e. The van der Waals surface area contributed by atoms with Gasteiger partial charge in [0.1, 0.15) is 11.5 Å². The average Bonchev–Trinajstić information content (AvgIpc) is 3.31. The van der Waals surface area contributed by atoms with E-state index in [4.69, 9.17) is 26.3 Å². The highest BCUT2D eigenvalue weighted by Crippen LogP contribution is 2.57. The summed E-state index contributed by atoms with van der Waals surface area (Å²) < 4.78 is 7.00. The van der Waals surface area contributed by atoms with Crippen LogP contribution in [0.15, 0.2) is 206 Å². The summed E-state index contributed by atoms with van der Waals surface area (Å²) in [5.74, 6) is 3.07. The molecule has 0 atom stereocenters. The van der Waals surface area contributed by atoms with Crippen molar-refractivity contribution in [3.8, 4) is 67.9 Å². The van der Waals surface area contributed by atoms with Gasteiger partial charge in [0.2, 0.25) is 0 Å². The van der Waals surface area contributed by atoms with Gasteiger partial charge in [0, 0.05) is 22.3 Å². The Morgan fingerprint density at radius 1 is 0.397 bits per heavy atom. The Hall–Kier alpha value is -7.94. The maximum absolute atomic E-state index is 7.41. The molecule has 1 aromatic heterocycles. The lowest BCUT2D eigenvalue weighted by Crippen LogP contribution is -2.34. The minimum Gasteiger partial charge on any atom is -0.456 e. The van der Waals surface area contributed by atoms with E-state index in [1.807, 2.05) is 84.9 Å². The van der Waals surface area contributed by atoms with Gasteiger partial charge in [-0.2, -0.15) is 0 Å². The van der Waals surface area contributed by atoms with Crippen LogP contribution in [-0.2, 0) is 5.41 Å². The van der Waals surface area contributed by atoms with E-state index in [1.165, 1.54) is 0 Å². The van der Waals surface area contributed by atoms with Crippen molar-refractivity contribution in [3.05, 3.63) is 240 Å². The molecule has 0 saturated heterocycles. The second kappa shape index (κ2) is 14.6. The van der Waals surface area contributed by atoms with Gasteiger partial charge in [-0.25, -0.2) is 19.8 Å². The molecule has 272 valence electrons. The number of fused-ring (bicyclic) bond motifs is 2. The second-order valence-corrected chi connectivity index (χ2v) is 14.3. The number of ether oxygens (including phenoxy) is 1. The van der Waals surface area contributed by atoms with E-state index in [0.29, 0.717) is 28.9 Å². The highest BCUT2D eigenvalue weighted by molar-refractivity contribution is 5.80. The van der Waals surface area contributed by atoms with Crippen LogP contribution in [0, 0.1) is 6.57 Å². The molecule has 58 heavy (non-hydrogen) atoms. The van der Waals surface area contributed by atoms with Gasteiger partial charge in [-0.3, -0.25) is 0 Å². The summed E-state index contributed by atoms with van der Waals surface area (Å²) >= 11 is 0. The molecule has 5 nitrogen and oxygen atoms in total. The van der Waals surface area contributed by atoms with E-state index in [2.05, 4.69) is 126 Å². The van der Waals surface area contributed by atoms with Crippen molar-refractivity contribution in [1.82, 2.24) is 15.0 Å². The predicted octanol–water partition coefficient (Wildman–Crippen LogP) is 13.2. The van der Waals surface area contributed by atoms with Crippen LogP contribution in [-0.4, -0.2) is 15.0 Å². The Kier molecular flexibility index (Phi) is 8.70. The zero-order valence-electron chi connectivity index (χ0n) is 31.3. The third kappa shape index (κ3) is 6.01. The van der Waals surface area contributed by atoms with Crippen molar-refractivity contribution < 1.29 is 4.74 Å². The van der Waals surface area contributed by atoms with E-state index >= 15 is 0 Å². The third-order valence-corrected chi connectivity index (χ3v) is 10.9. The molecule has 1 aliphatic rings. The van der Waals surface area contributed by atoms with Gasteiger partial charge in [-0.15, -0.1) is 0 Å². The van der Waals surface area contributed by atoms with Crippen molar-refractivity contribution in [3.63, 3.8) is 0 Å². The number of aromatic nitrogens is 3. The number of rotatable bonds is 7. The van der Waals surface area contributed by atoms with Gasteiger partial charge in [-0.05, 0) is 57.6 Å². The fourth-order valence-electron chi connectivity index (χ4n) is 8.19. The van der Waals surface area contributed by atoms with E-state index < -0.39 is 5.41 Å². The van der Waals surface area contributed by atoms with Crippen LogP contribution in [0.3, 0.4) is 0 Å². The molecule has 0 bridgehead atoms. The van der Waals surface area contributed by atoms with E-state index in [0.717, 1.165) is 66.9 Å². The first-order valence-corrected chi connectivity index (χ1v) is 19.2. The molecule has 1 aliphatic heterocycles. The van der Waals surface area contributed by atoms with Crippen LogP contribution >= 0.6 is 0 Å². The second-order valence-electron chi connectivity index (χ2n) is 14.3. The summed E-state index contributed by atoms with van der Waals surface area (Å²) in [5, 5.41) is 0. The number of hydrogen-bond donors (Lipinski definition) is 0. The molecule has 0 unspecified atom stereocenters. The molecule has 0 spiro atoms. The maximum atomic E-state index is 7.41. The Labute approximate surface area is 337 Å². The highest BCUT2D eigenvalue weighted by atomic mass is 16.5. The molecular weight excluding hydrogens is 709 g/mol. The van der Waals surface area contributed by atoms with Gasteiger partial charge in [0.15, 0.2) is 23.2 Å². The number of hydrogen-bond acceptors (Lipinski definition) is 4. The predicted molar refractivity (Wildman–Crippen MR) is 232 cm³/mol. The zero-order chi connectivity index (χ0) is 38.9. The van der Waals surface area contributed by atoms with Crippen LogP contribution in [0.5, 0.6) is 11.5 Å². The number of para-hydroxylation sites is 2. The van der Waals surface area contributed by atoms with Crippen LogP contribution in [0.25, 0.3) is 61.3 Å². The summed E-state index contributed by atoms with van der Waals surface area (Å²) in [7, 11) is 0. The van der Waals surface area contributed by atoms with E-state index in [1.54, 1.807) is 0 Å². The molecule has 8 aromatic carbocycles. The van der Waals surface area contributed by atoms with Crippen molar-refractivity contribution >= 4 is 5.69 Å². The first kappa shape index (κ1) is 34.5. The minimum atomic E-state index is -0.692. The standard InChI is InChI=1S/C53H34N4O/c1-54-44-32-30-37(31-33-44)39-19-14-21-41(35-39)51-55-50(40-20-13-18-38(34-40)36-16-5-2-6-17-36)56-52(57-51)45-26-15-28-47-49(45)58-48-29-12-11-27-46(48)53(47,42-22-7-3-8-23-42)43-24-9-4-10-25-43/h2-35H. The zero-order valence-corrected chi connectivity index (χ0v) is 31.3. The molecule has 9 aromatic rings. The fourth-order valence-corrected chi connectivity index (χ4v) is 8.19. The summed E-state index contributed by atoms with van der Waals surface area (Å²) in [6, 6.07) is 70.5. The molecule has 0 aliphatic carbocycles. The molecule has 0 radical (unpaired) electrons.